The highest BCUT2D eigenvalue weighted by molar-refractivity contribution is 8.00. The lowest BCUT2D eigenvalue weighted by atomic mass is 10.0. The molecule has 1 unspecified atom stereocenters. The summed E-state index contributed by atoms with van der Waals surface area (Å²) in [5, 5.41) is 17.9. The van der Waals surface area contributed by atoms with Crippen LogP contribution in [0.5, 0.6) is 11.5 Å². The molecule has 1 atom stereocenters. The fourth-order valence-electron chi connectivity index (χ4n) is 4.22. The lowest BCUT2D eigenvalue weighted by Gasteiger charge is -2.15. The topological polar surface area (TPSA) is 117 Å². The molecule has 0 fully saturated rings. The molecule has 3 amide bonds. The molecule has 4 N–H and O–H groups in total. The van der Waals surface area contributed by atoms with E-state index in [9.17, 15) is 19.5 Å². The van der Waals surface area contributed by atoms with Crippen molar-refractivity contribution in [3.8, 4) is 11.5 Å². The third kappa shape index (κ3) is 8.75. The minimum atomic E-state index is -0.567. The van der Waals surface area contributed by atoms with Gasteiger partial charge in [-0.05, 0) is 79.1 Å². The first-order valence-electron chi connectivity index (χ1n) is 14.1. The average molecular weight is 610 g/mol. The second kappa shape index (κ2) is 14.9. The molecular weight excluding hydrogens is 574 g/mol. The molecular formula is C35H35N3O5S. The van der Waals surface area contributed by atoms with Gasteiger partial charge in [0.25, 0.3) is 11.8 Å². The SMILES string of the molecule is COc1cc(O)ccc1/C=C(/NC(=O)c1ccccc1)C(=O)Nc1cccc(SC(C)C(=O)Nc2ccc(C(C)C)cc2)c1. The van der Waals surface area contributed by atoms with Crippen molar-refractivity contribution in [3.05, 3.63) is 119 Å². The molecule has 4 aromatic carbocycles. The van der Waals surface area contributed by atoms with Crippen LogP contribution in [0.4, 0.5) is 11.4 Å². The molecule has 9 heteroatoms. The molecule has 0 aliphatic heterocycles. The highest BCUT2D eigenvalue weighted by Crippen LogP contribution is 2.28. The van der Waals surface area contributed by atoms with Gasteiger partial charge < -0.3 is 25.8 Å². The number of hydrogen-bond acceptors (Lipinski definition) is 6. The van der Waals surface area contributed by atoms with Crippen LogP contribution in [0.25, 0.3) is 6.08 Å². The maximum absolute atomic E-state index is 13.5. The van der Waals surface area contributed by atoms with Gasteiger partial charge in [0.05, 0.1) is 12.4 Å². The van der Waals surface area contributed by atoms with E-state index in [-0.39, 0.29) is 17.4 Å². The Hall–Kier alpha value is -5.02. The van der Waals surface area contributed by atoms with Crippen molar-refractivity contribution in [1.29, 1.82) is 0 Å². The number of methoxy groups -OCH3 is 1. The fraction of sp³-hybridized carbons (Fsp3) is 0.171. The third-order valence-electron chi connectivity index (χ3n) is 6.66. The summed E-state index contributed by atoms with van der Waals surface area (Å²) < 4.78 is 5.35. The summed E-state index contributed by atoms with van der Waals surface area (Å²) in [5.41, 5.74) is 3.24. The van der Waals surface area contributed by atoms with Gasteiger partial charge in [-0.1, -0.05) is 50.2 Å². The van der Waals surface area contributed by atoms with E-state index in [2.05, 4.69) is 29.8 Å². The van der Waals surface area contributed by atoms with Crippen molar-refractivity contribution < 1.29 is 24.2 Å². The number of anilines is 2. The Morgan fingerprint density at radius 3 is 2.23 bits per heavy atom. The van der Waals surface area contributed by atoms with Crippen LogP contribution in [0.15, 0.2) is 108 Å². The number of carbonyl (C=O) groups excluding carboxylic acids is 3. The first-order valence-corrected chi connectivity index (χ1v) is 14.9. The van der Waals surface area contributed by atoms with Crippen LogP contribution >= 0.6 is 11.8 Å². The first-order chi connectivity index (χ1) is 21.1. The highest BCUT2D eigenvalue weighted by Gasteiger charge is 2.18. The molecule has 0 aromatic heterocycles. The summed E-state index contributed by atoms with van der Waals surface area (Å²) in [6, 6.07) is 27.9. The molecule has 0 aliphatic carbocycles. The van der Waals surface area contributed by atoms with Gasteiger partial charge in [-0.25, -0.2) is 0 Å². The zero-order valence-corrected chi connectivity index (χ0v) is 25.8. The number of carbonyl (C=O) groups is 3. The predicted octanol–water partition coefficient (Wildman–Crippen LogP) is 7.05. The van der Waals surface area contributed by atoms with Gasteiger partial charge in [-0.15, -0.1) is 11.8 Å². The van der Waals surface area contributed by atoms with Gasteiger partial charge in [0, 0.05) is 33.5 Å². The van der Waals surface area contributed by atoms with Crippen molar-refractivity contribution in [2.45, 2.75) is 36.8 Å². The maximum Gasteiger partial charge on any atom is 0.272 e. The number of thioether (sulfide) groups is 1. The van der Waals surface area contributed by atoms with Crippen LogP contribution in [0.3, 0.4) is 0 Å². The molecule has 0 bridgehead atoms. The van der Waals surface area contributed by atoms with Gasteiger partial charge in [0.1, 0.15) is 17.2 Å². The largest absolute Gasteiger partial charge is 0.508 e. The number of benzene rings is 4. The quantitative estimate of drug-likeness (QED) is 0.107. The summed E-state index contributed by atoms with van der Waals surface area (Å²) in [6.45, 7) is 6.06. The number of hydrogen-bond donors (Lipinski definition) is 4. The number of aromatic hydroxyl groups is 1. The van der Waals surface area contributed by atoms with Crippen molar-refractivity contribution >= 4 is 46.9 Å². The van der Waals surface area contributed by atoms with Gasteiger partial charge in [-0.2, -0.15) is 0 Å². The van der Waals surface area contributed by atoms with Crippen LogP contribution < -0.4 is 20.7 Å². The number of amides is 3. The smallest absolute Gasteiger partial charge is 0.272 e. The molecule has 0 saturated heterocycles. The first kappa shape index (κ1) is 31.9. The summed E-state index contributed by atoms with van der Waals surface area (Å²) in [5.74, 6) is -0.442. The standard InChI is InChI=1S/C35H35N3O5S/c1-22(2)24-13-16-27(17-14-24)36-33(40)23(3)44-30-12-8-11-28(20-30)37-35(42)31(38-34(41)25-9-6-5-7-10-25)19-26-15-18-29(39)21-32(26)43-4/h5-23,39H,1-4H3,(H,36,40)(H,37,42)(H,38,41)/b31-19+. The van der Waals surface area contributed by atoms with E-state index in [1.165, 1.54) is 42.6 Å². The van der Waals surface area contributed by atoms with E-state index >= 15 is 0 Å². The van der Waals surface area contributed by atoms with E-state index in [0.29, 0.717) is 28.5 Å². The monoisotopic (exact) mass is 609 g/mol. The number of nitrogens with one attached hydrogen (secondary N) is 3. The van der Waals surface area contributed by atoms with E-state index in [0.717, 1.165) is 10.6 Å². The molecule has 4 rings (SSSR count). The van der Waals surface area contributed by atoms with Crippen LogP contribution in [-0.2, 0) is 9.59 Å². The molecule has 44 heavy (non-hydrogen) atoms. The summed E-state index contributed by atoms with van der Waals surface area (Å²) in [4.78, 5) is 40.1. The van der Waals surface area contributed by atoms with Crippen molar-refractivity contribution in [1.82, 2.24) is 5.32 Å². The fourth-order valence-corrected chi connectivity index (χ4v) is 5.14. The Kier molecular flexibility index (Phi) is 10.8. The van der Waals surface area contributed by atoms with Crippen LogP contribution in [0.1, 0.15) is 48.2 Å². The summed E-state index contributed by atoms with van der Waals surface area (Å²) >= 11 is 1.36. The van der Waals surface area contributed by atoms with Gasteiger partial charge in [-0.3, -0.25) is 14.4 Å². The van der Waals surface area contributed by atoms with Crippen molar-refractivity contribution in [2.75, 3.05) is 17.7 Å². The molecule has 0 aliphatic rings. The summed E-state index contributed by atoms with van der Waals surface area (Å²) in [7, 11) is 1.45. The lowest BCUT2D eigenvalue weighted by molar-refractivity contribution is -0.115. The lowest BCUT2D eigenvalue weighted by Crippen LogP contribution is -2.30. The molecule has 0 radical (unpaired) electrons. The van der Waals surface area contributed by atoms with E-state index in [1.54, 1.807) is 54.6 Å². The second-order valence-electron chi connectivity index (χ2n) is 10.3. The van der Waals surface area contributed by atoms with E-state index in [4.69, 9.17) is 4.74 Å². The van der Waals surface area contributed by atoms with Crippen LogP contribution in [-0.4, -0.2) is 35.2 Å². The Balaban J connectivity index is 1.49. The van der Waals surface area contributed by atoms with E-state index in [1.807, 2.05) is 37.3 Å². The third-order valence-corrected chi connectivity index (χ3v) is 7.76. The Labute approximate surface area is 261 Å². The Bertz CT molecular complexity index is 1650. The number of ether oxygens (including phenoxy) is 1. The van der Waals surface area contributed by atoms with Gasteiger partial charge in [0.2, 0.25) is 5.91 Å². The molecule has 0 saturated carbocycles. The normalized spacial score (nSPS) is 11.9. The molecule has 8 nitrogen and oxygen atoms in total. The number of phenolic OH excluding ortho intramolecular Hbond substituents is 1. The molecule has 4 aromatic rings. The van der Waals surface area contributed by atoms with Gasteiger partial charge in [0.15, 0.2) is 0 Å². The average Bonchev–Trinajstić information content (AvgIpc) is 3.02. The Morgan fingerprint density at radius 2 is 1.55 bits per heavy atom. The van der Waals surface area contributed by atoms with Crippen molar-refractivity contribution in [2.24, 2.45) is 0 Å². The minimum absolute atomic E-state index is 0.000388. The van der Waals surface area contributed by atoms with E-state index < -0.39 is 17.1 Å². The Morgan fingerprint density at radius 1 is 0.818 bits per heavy atom. The van der Waals surface area contributed by atoms with Crippen LogP contribution in [0.2, 0.25) is 0 Å². The van der Waals surface area contributed by atoms with Crippen LogP contribution in [0, 0.1) is 0 Å². The minimum Gasteiger partial charge on any atom is -0.508 e. The molecule has 0 spiro atoms. The van der Waals surface area contributed by atoms with Crippen molar-refractivity contribution in [3.63, 3.8) is 0 Å². The second-order valence-corrected chi connectivity index (χ2v) is 11.7. The number of rotatable bonds is 11. The predicted molar refractivity (Wildman–Crippen MR) is 176 cm³/mol. The molecule has 226 valence electrons. The maximum atomic E-state index is 13.5. The molecule has 0 heterocycles. The zero-order valence-electron chi connectivity index (χ0n) is 25.0. The number of phenols is 1. The summed E-state index contributed by atoms with van der Waals surface area (Å²) in [6.07, 6.45) is 1.48. The van der Waals surface area contributed by atoms with Gasteiger partial charge >= 0.3 is 0 Å². The zero-order chi connectivity index (χ0) is 31.6. The highest BCUT2D eigenvalue weighted by atomic mass is 32.2.